The first-order chi connectivity index (χ1) is 28.0. The summed E-state index contributed by atoms with van der Waals surface area (Å²) in [6, 6.07) is 0. The SMILES string of the molecule is CCC/C=C\C/C=C\CCCCCCCC(=O)OC(COC(=O)CCCCCCC)COC(=O)CCCCCCCC/C=C\C/C=C\C/C=C\CCCCCCC. The molecule has 328 valence electrons. The average Bonchev–Trinajstić information content (AvgIpc) is 3.21. The molecule has 1 unspecified atom stereocenters. The lowest BCUT2D eigenvalue weighted by Gasteiger charge is -2.18. The van der Waals surface area contributed by atoms with Crippen molar-refractivity contribution in [3.63, 3.8) is 0 Å². The largest absolute Gasteiger partial charge is 0.462 e. The normalized spacial score (nSPS) is 12.5. The van der Waals surface area contributed by atoms with Gasteiger partial charge in [-0.15, -0.1) is 0 Å². The van der Waals surface area contributed by atoms with Crippen molar-refractivity contribution in [2.45, 2.75) is 232 Å². The van der Waals surface area contributed by atoms with E-state index < -0.39 is 6.10 Å². The first-order valence-electron chi connectivity index (χ1n) is 23.8. The van der Waals surface area contributed by atoms with Crippen molar-refractivity contribution in [2.75, 3.05) is 13.2 Å². The van der Waals surface area contributed by atoms with Crippen LogP contribution in [-0.4, -0.2) is 37.2 Å². The molecule has 0 aromatic heterocycles. The van der Waals surface area contributed by atoms with E-state index in [1.54, 1.807) is 0 Å². The molecule has 0 aromatic rings. The van der Waals surface area contributed by atoms with Crippen LogP contribution in [-0.2, 0) is 28.6 Å². The van der Waals surface area contributed by atoms with Crippen molar-refractivity contribution in [1.82, 2.24) is 0 Å². The van der Waals surface area contributed by atoms with Gasteiger partial charge >= 0.3 is 17.9 Å². The van der Waals surface area contributed by atoms with E-state index in [4.69, 9.17) is 14.2 Å². The second kappa shape index (κ2) is 45.8. The maximum Gasteiger partial charge on any atom is 0.306 e. The summed E-state index contributed by atoms with van der Waals surface area (Å²) < 4.78 is 16.6. The third-order valence-electron chi connectivity index (χ3n) is 9.98. The molecular weight excluding hydrogens is 709 g/mol. The van der Waals surface area contributed by atoms with Crippen LogP contribution < -0.4 is 0 Å². The van der Waals surface area contributed by atoms with Crippen molar-refractivity contribution in [3.8, 4) is 0 Å². The highest BCUT2D eigenvalue weighted by Gasteiger charge is 2.19. The molecule has 6 heteroatoms. The van der Waals surface area contributed by atoms with E-state index in [1.807, 2.05) is 0 Å². The van der Waals surface area contributed by atoms with Crippen molar-refractivity contribution in [2.24, 2.45) is 0 Å². The zero-order valence-corrected chi connectivity index (χ0v) is 37.3. The van der Waals surface area contributed by atoms with Gasteiger partial charge in [-0.25, -0.2) is 0 Å². The molecular formula is C51H88O6. The number of unbranched alkanes of at least 4 members (excludes halogenated alkanes) is 21. The molecule has 0 rings (SSSR count). The summed E-state index contributed by atoms with van der Waals surface area (Å²) in [4.78, 5) is 37.5. The summed E-state index contributed by atoms with van der Waals surface area (Å²) in [5.74, 6) is -0.929. The van der Waals surface area contributed by atoms with Crippen LogP contribution in [0.4, 0.5) is 0 Å². The third-order valence-corrected chi connectivity index (χ3v) is 9.98. The second-order valence-electron chi connectivity index (χ2n) is 15.7. The molecule has 0 aliphatic rings. The predicted octanol–water partition coefficient (Wildman–Crippen LogP) is 15.3. The molecule has 0 saturated heterocycles. The first-order valence-corrected chi connectivity index (χ1v) is 23.8. The Morgan fingerprint density at radius 2 is 0.667 bits per heavy atom. The van der Waals surface area contributed by atoms with E-state index in [-0.39, 0.29) is 31.1 Å². The van der Waals surface area contributed by atoms with Gasteiger partial charge in [-0.2, -0.15) is 0 Å². The van der Waals surface area contributed by atoms with Crippen LogP contribution in [0.5, 0.6) is 0 Å². The van der Waals surface area contributed by atoms with E-state index in [0.29, 0.717) is 19.3 Å². The minimum absolute atomic E-state index is 0.0857. The highest BCUT2D eigenvalue weighted by atomic mass is 16.6. The van der Waals surface area contributed by atoms with E-state index in [2.05, 4.69) is 81.5 Å². The van der Waals surface area contributed by atoms with Crippen LogP contribution in [0.15, 0.2) is 60.8 Å². The number of hydrogen-bond acceptors (Lipinski definition) is 6. The number of hydrogen-bond donors (Lipinski definition) is 0. The van der Waals surface area contributed by atoms with E-state index in [0.717, 1.165) is 116 Å². The van der Waals surface area contributed by atoms with Crippen LogP contribution >= 0.6 is 0 Å². The maximum atomic E-state index is 12.7. The maximum absolute atomic E-state index is 12.7. The molecule has 0 spiro atoms. The Hall–Kier alpha value is -2.89. The summed E-state index contributed by atoms with van der Waals surface area (Å²) in [5, 5.41) is 0. The number of carbonyl (C=O) groups is 3. The van der Waals surface area contributed by atoms with Crippen molar-refractivity contribution in [1.29, 1.82) is 0 Å². The molecule has 0 bridgehead atoms. The fraction of sp³-hybridized carbons (Fsp3) is 0.745. The Bertz CT molecular complexity index is 1050. The predicted molar refractivity (Wildman–Crippen MR) is 242 cm³/mol. The van der Waals surface area contributed by atoms with Gasteiger partial charge in [-0.1, -0.05) is 184 Å². The molecule has 6 nitrogen and oxygen atoms in total. The number of esters is 3. The van der Waals surface area contributed by atoms with E-state index in [1.165, 1.54) is 70.6 Å². The van der Waals surface area contributed by atoms with Gasteiger partial charge in [0, 0.05) is 19.3 Å². The molecule has 0 amide bonds. The van der Waals surface area contributed by atoms with Crippen LogP contribution in [0.2, 0.25) is 0 Å². The lowest BCUT2D eigenvalue weighted by atomic mass is 10.1. The van der Waals surface area contributed by atoms with Gasteiger partial charge in [-0.3, -0.25) is 14.4 Å². The monoisotopic (exact) mass is 797 g/mol. The van der Waals surface area contributed by atoms with E-state index in [9.17, 15) is 14.4 Å². The van der Waals surface area contributed by atoms with Gasteiger partial charge in [0.15, 0.2) is 6.10 Å². The molecule has 0 aliphatic carbocycles. The minimum Gasteiger partial charge on any atom is -0.462 e. The fourth-order valence-electron chi connectivity index (χ4n) is 6.37. The minimum atomic E-state index is -0.781. The molecule has 0 aliphatic heterocycles. The van der Waals surface area contributed by atoms with Gasteiger partial charge in [0.2, 0.25) is 0 Å². The molecule has 0 aromatic carbocycles. The van der Waals surface area contributed by atoms with Gasteiger partial charge in [-0.05, 0) is 83.5 Å². The molecule has 57 heavy (non-hydrogen) atoms. The van der Waals surface area contributed by atoms with Gasteiger partial charge in [0.05, 0.1) is 0 Å². The zero-order chi connectivity index (χ0) is 41.5. The van der Waals surface area contributed by atoms with Gasteiger partial charge < -0.3 is 14.2 Å². The number of rotatable bonds is 42. The average molecular weight is 797 g/mol. The van der Waals surface area contributed by atoms with Gasteiger partial charge in [0.25, 0.3) is 0 Å². The van der Waals surface area contributed by atoms with Crippen LogP contribution in [0.3, 0.4) is 0 Å². The smallest absolute Gasteiger partial charge is 0.306 e. The number of ether oxygens (including phenoxy) is 3. The van der Waals surface area contributed by atoms with Crippen molar-refractivity contribution >= 4 is 17.9 Å². The molecule has 1 atom stereocenters. The summed E-state index contributed by atoms with van der Waals surface area (Å²) in [7, 11) is 0. The standard InChI is InChI=1S/C51H88O6/c1-4-7-10-13-15-17-19-21-22-23-24-25-26-27-28-30-31-33-35-38-41-44-50(53)56-47-48(46-55-49(52)43-40-37-12-9-6-3)57-51(54)45-42-39-36-34-32-29-20-18-16-14-11-8-5-2/h11,14,18-21,23-24,26-27,48H,4-10,12-13,15-17,22,25,28-47H2,1-3H3/b14-11-,20-18-,21-19-,24-23-,27-26-. The van der Waals surface area contributed by atoms with Crippen LogP contribution in [0.25, 0.3) is 0 Å². The van der Waals surface area contributed by atoms with Crippen molar-refractivity contribution < 1.29 is 28.6 Å². The van der Waals surface area contributed by atoms with Gasteiger partial charge in [0.1, 0.15) is 13.2 Å². The number of carbonyl (C=O) groups excluding carboxylic acids is 3. The Morgan fingerprint density at radius 3 is 1.05 bits per heavy atom. The van der Waals surface area contributed by atoms with Crippen molar-refractivity contribution in [3.05, 3.63) is 60.8 Å². The lowest BCUT2D eigenvalue weighted by molar-refractivity contribution is -0.167. The summed E-state index contributed by atoms with van der Waals surface area (Å²) in [5.41, 5.74) is 0. The summed E-state index contributed by atoms with van der Waals surface area (Å²) in [6.07, 6.45) is 55.2. The second-order valence-corrected chi connectivity index (χ2v) is 15.7. The highest BCUT2D eigenvalue weighted by Crippen LogP contribution is 2.13. The molecule has 0 N–H and O–H groups in total. The Labute approximate surface area is 351 Å². The molecule has 0 heterocycles. The Kier molecular flexibility index (Phi) is 43.5. The zero-order valence-electron chi connectivity index (χ0n) is 37.3. The summed E-state index contributed by atoms with van der Waals surface area (Å²) in [6.45, 7) is 6.44. The molecule has 0 fully saturated rings. The Balaban J connectivity index is 4.21. The first kappa shape index (κ1) is 54.1. The molecule has 0 radical (unpaired) electrons. The topological polar surface area (TPSA) is 78.9 Å². The van der Waals surface area contributed by atoms with Crippen LogP contribution in [0.1, 0.15) is 226 Å². The molecule has 0 saturated carbocycles. The van der Waals surface area contributed by atoms with E-state index >= 15 is 0 Å². The highest BCUT2D eigenvalue weighted by molar-refractivity contribution is 5.71. The third kappa shape index (κ3) is 44.1. The van der Waals surface area contributed by atoms with Crippen LogP contribution in [0, 0.1) is 0 Å². The summed E-state index contributed by atoms with van der Waals surface area (Å²) >= 11 is 0. The lowest BCUT2D eigenvalue weighted by Crippen LogP contribution is -2.30. The Morgan fingerprint density at radius 1 is 0.351 bits per heavy atom. The number of allylic oxidation sites excluding steroid dienone is 10. The fourth-order valence-corrected chi connectivity index (χ4v) is 6.37. The quantitative estimate of drug-likeness (QED) is 0.0265.